The van der Waals surface area contributed by atoms with Gasteiger partial charge >= 0.3 is 0 Å². The molecule has 0 radical (unpaired) electrons. The quantitative estimate of drug-likeness (QED) is 0.499. The van der Waals surface area contributed by atoms with Crippen molar-refractivity contribution in [1.82, 2.24) is 15.1 Å². The number of ether oxygens (including phenoxy) is 2. The minimum Gasteiger partial charge on any atom is -0.381 e. The molecule has 2 atom stereocenters. The maximum absolute atomic E-state index is 5.56. The van der Waals surface area contributed by atoms with Gasteiger partial charge < -0.3 is 19.7 Å². The van der Waals surface area contributed by atoms with Gasteiger partial charge in [0.05, 0.1) is 26.4 Å². The van der Waals surface area contributed by atoms with E-state index in [1.165, 1.54) is 12.8 Å². The first-order valence-electron chi connectivity index (χ1n) is 10.6. The first-order chi connectivity index (χ1) is 12.7. The number of hydrogen-bond donors (Lipinski definition) is 1. The maximum atomic E-state index is 5.56. The fourth-order valence-electron chi connectivity index (χ4n) is 4.16. The van der Waals surface area contributed by atoms with Crippen molar-refractivity contribution in [3.8, 4) is 0 Å². The third-order valence-electron chi connectivity index (χ3n) is 5.79. The highest BCUT2D eigenvalue weighted by molar-refractivity contribution is 5.79. The lowest BCUT2D eigenvalue weighted by Crippen LogP contribution is -2.49. The summed E-state index contributed by atoms with van der Waals surface area (Å²) >= 11 is 0. The fraction of sp³-hybridized carbons (Fsp3) is 0.950. The molecule has 2 unspecified atom stereocenters. The summed E-state index contributed by atoms with van der Waals surface area (Å²) in [6.07, 6.45) is 3.58. The molecule has 1 N–H and O–H groups in total. The molecule has 2 heterocycles. The second-order valence-corrected chi connectivity index (χ2v) is 7.60. The normalized spacial score (nSPS) is 23.4. The first-order valence-corrected chi connectivity index (χ1v) is 10.6. The van der Waals surface area contributed by atoms with Crippen LogP contribution in [0.4, 0.5) is 0 Å². The van der Waals surface area contributed by atoms with Crippen LogP contribution in [-0.2, 0) is 9.47 Å². The third kappa shape index (κ3) is 6.39. The van der Waals surface area contributed by atoms with E-state index < -0.39 is 0 Å². The van der Waals surface area contributed by atoms with Crippen LogP contribution in [0, 0.1) is 11.8 Å². The van der Waals surface area contributed by atoms with Crippen LogP contribution < -0.4 is 5.32 Å². The van der Waals surface area contributed by atoms with Gasteiger partial charge in [0, 0.05) is 51.8 Å². The molecular weight excluding hydrogens is 328 g/mol. The van der Waals surface area contributed by atoms with Gasteiger partial charge in [-0.1, -0.05) is 26.7 Å². The van der Waals surface area contributed by atoms with Crippen molar-refractivity contribution in [3.63, 3.8) is 0 Å². The summed E-state index contributed by atoms with van der Waals surface area (Å²) in [5.41, 5.74) is 0. The molecule has 0 aromatic carbocycles. The van der Waals surface area contributed by atoms with Crippen LogP contribution in [0.15, 0.2) is 4.99 Å². The Balaban J connectivity index is 2.03. The smallest absolute Gasteiger partial charge is 0.193 e. The Labute approximate surface area is 160 Å². The van der Waals surface area contributed by atoms with Gasteiger partial charge in [-0.2, -0.15) is 0 Å². The van der Waals surface area contributed by atoms with Gasteiger partial charge in [-0.05, 0) is 19.3 Å². The summed E-state index contributed by atoms with van der Waals surface area (Å²) in [7, 11) is 2.15. The molecule has 0 aliphatic carbocycles. The van der Waals surface area contributed by atoms with E-state index in [1.807, 2.05) is 0 Å². The van der Waals surface area contributed by atoms with E-state index in [2.05, 4.69) is 42.9 Å². The van der Waals surface area contributed by atoms with Crippen LogP contribution in [0.5, 0.6) is 0 Å². The molecule has 2 rings (SSSR count). The van der Waals surface area contributed by atoms with Crippen molar-refractivity contribution in [3.05, 3.63) is 0 Å². The summed E-state index contributed by atoms with van der Waals surface area (Å²) in [6.45, 7) is 15.1. The van der Waals surface area contributed by atoms with Gasteiger partial charge in [-0.25, -0.2) is 0 Å². The number of nitrogens with one attached hydrogen (secondary N) is 1. The van der Waals surface area contributed by atoms with Gasteiger partial charge in [-0.3, -0.25) is 9.89 Å². The molecule has 0 amide bonds. The lowest BCUT2D eigenvalue weighted by atomic mass is 9.92. The Morgan fingerprint density at radius 3 is 2.46 bits per heavy atom. The molecule has 6 heteroatoms. The number of hydrogen-bond acceptors (Lipinski definition) is 4. The van der Waals surface area contributed by atoms with Crippen molar-refractivity contribution >= 4 is 5.96 Å². The Kier molecular flexibility index (Phi) is 9.72. The number of guanidine groups is 1. The van der Waals surface area contributed by atoms with Gasteiger partial charge in [0.1, 0.15) is 0 Å². The van der Waals surface area contributed by atoms with Gasteiger partial charge in [0.15, 0.2) is 5.96 Å². The van der Waals surface area contributed by atoms with E-state index >= 15 is 0 Å². The predicted octanol–water partition coefficient (Wildman–Crippen LogP) is 2.06. The summed E-state index contributed by atoms with van der Waals surface area (Å²) in [5, 5.41) is 3.48. The molecule has 26 heavy (non-hydrogen) atoms. The highest BCUT2D eigenvalue weighted by atomic mass is 16.5. The van der Waals surface area contributed by atoms with Gasteiger partial charge in [0.2, 0.25) is 0 Å². The van der Waals surface area contributed by atoms with Crippen molar-refractivity contribution in [1.29, 1.82) is 0 Å². The second-order valence-electron chi connectivity index (χ2n) is 7.60. The van der Waals surface area contributed by atoms with Crippen molar-refractivity contribution in [2.45, 2.75) is 46.1 Å². The zero-order valence-corrected chi connectivity index (χ0v) is 17.4. The molecule has 0 spiro atoms. The molecule has 6 nitrogen and oxygen atoms in total. The van der Waals surface area contributed by atoms with Crippen LogP contribution in [0.25, 0.3) is 0 Å². The van der Waals surface area contributed by atoms with Crippen LogP contribution in [0.1, 0.15) is 40.0 Å². The average molecular weight is 369 g/mol. The molecular formula is C20H40N4O2. The Bertz CT molecular complexity index is 403. The van der Waals surface area contributed by atoms with E-state index in [0.29, 0.717) is 17.9 Å². The zero-order chi connectivity index (χ0) is 18.8. The second kappa shape index (κ2) is 11.8. The predicted molar refractivity (Wildman–Crippen MR) is 108 cm³/mol. The lowest BCUT2D eigenvalue weighted by molar-refractivity contribution is 0.00391. The lowest BCUT2D eigenvalue weighted by Gasteiger charge is -2.38. The zero-order valence-electron chi connectivity index (χ0n) is 17.4. The molecule has 2 fully saturated rings. The molecule has 2 aliphatic rings. The average Bonchev–Trinajstić information content (AvgIpc) is 3.17. The minimum atomic E-state index is 0.505. The van der Waals surface area contributed by atoms with Crippen LogP contribution in [0.3, 0.4) is 0 Å². The van der Waals surface area contributed by atoms with Crippen molar-refractivity contribution in [2.75, 3.05) is 66.2 Å². The Morgan fingerprint density at radius 1 is 1.15 bits per heavy atom. The Morgan fingerprint density at radius 2 is 1.88 bits per heavy atom. The largest absolute Gasteiger partial charge is 0.381 e. The molecule has 2 saturated heterocycles. The van der Waals surface area contributed by atoms with E-state index in [1.54, 1.807) is 0 Å². The summed E-state index contributed by atoms with van der Waals surface area (Å²) in [6, 6.07) is 0.505. The number of nitrogens with zero attached hydrogens (tertiary/aromatic N) is 3. The standard InChI is InChI=1S/C20H40N4O2/c1-5-18(6-2)19(24-9-12-25-13-10-24)14-22-20(21-7-3)23(4)15-17-8-11-26-16-17/h17-19H,5-16H2,1-4H3,(H,21,22). The van der Waals surface area contributed by atoms with Crippen LogP contribution >= 0.6 is 0 Å². The van der Waals surface area contributed by atoms with E-state index in [9.17, 15) is 0 Å². The van der Waals surface area contributed by atoms with Crippen molar-refractivity contribution < 1.29 is 9.47 Å². The van der Waals surface area contributed by atoms with E-state index in [4.69, 9.17) is 14.5 Å². The van der Waals surface area contributed by atoms with Crippen LogP contribution in [-0.4, -0.2) is 88.0 Å². The monoisotopic (exact) mass is 368 g/mol. The van der Waals surface area contributed by atoms with E-state index in [-0.39, 0.29) is 0 Å². The molecule has 152 valence electrons. The maximum Gasteiger partial charge on any atom is 0.193 e. The van der Waals surface area contributed by atoms with Gasteiger partial charge in [0.25, 0.3) is 0 Å². The highest BCUT2D eigenvalue weighted by Crippen LogP contribution is 2.21. The first kappa shape index (κ1) is 21.5. The molecule has 0 bridgehead atoms. The van der Waals surface area contributed by atoms with E-state index in [0.717, 1.165) is 71.5 Å². The molecule has 2 aliphatic heterocycles. The summed E-state index contributed by atoms with van der Waals surface area (Å²) in [5.74, 6) is 2.34. The SMILES string of the molecule is CCNC(=NCC(C(CC)CC)N1CCOCC1)N(C)CC1CCOC1. The number of aliphatic imine (C=N–C) groups is 1. The third-order valence-corrected chi connectivity index (χ3v) is 5.79. The van der Waals surface area contributed by atoms with Gasteiger partial charge in [-0.15, -0.1) is 0 Å². The molecule has 0 aromatic rings. The number of rotatable bonds is 9. The topological polar surface area (TPSA) is 49.3 Å². The summed E-state index contributed by atoms with van der Waals surface area (Å²) in [4.78, 5) is 9.94. The summed E-state index contributed by atoms with van der Waals surface area (Å²) < 4.78 is 11.1. The highest BCUT2D eigenvalue weighted by Gasteiger charge is 2.27. The molecule has 0 saturated carbocycles. The fourth-order valence-corrected chi connectivity index (χ4v) is 4.16. The van der Waals surface area contributed by atoms with Crippen molar-refractivity contribution in [2.24, 2.45) is 16.8 Å². The minimum absolute atomic E-state index is 0.505. The molecule has 0 aromatic heterocycles. The Hall–Kier alpha value is -0.850. The van der Waals surface area contributed by atoms with Crippen LogP contribution in [0.2, 0.25) is 0 Å². The number of morpholine rings is 1.